The molecule has 5 nitrogen and oxygen atoms in total. The average molecular weight is 377 g/mol. The van der Waals surface area contributed by atoms with E-state index < -0.39 is 0 Å². The normalized spacial score (nSPS) is 12.1. The summed E-state index contributed by atoms with van der Waals surface area (Å²) in [6.45, 7) is 1.93. The predicted octanol–water partition coefficient (Wildman–Crippen LogP) is 4.54. The van der Waals surface area contributed by atoms with Gasteiger partial charge in [-0.05, 0) is 42.8 Å². The van der Waals surface area contributed by atoms with Crippen molar-refractivity contribution in [1.82, 2.24) is 19.7 Å². The number of carbonyl (C=O) groups excluding carboxylic acids is 1. The number of carbonyl (C=O) groups is 1. The summed E-state index contributed by atoms with van der Waals surface area (Å²) in [5, 5.41) is 3.68. The fourth-order valence-electron chi connectivity index (χ4n) is 2.88. The van der Waals surface area contributed by atoms with Crippen LogP contribution < -0.4 is 5.32 Å². The number of amides is 1. The van der Waals surface area contributed by atoms with Crippen molar-refractivity contribution in [2.45, 2.75) is 13.0 Å². The van der Waals surface area contributed by atoms with Crippen LogP contribution in [0.3, 0.4) is 0 Å². The van der Waals surface area contributed by atoms with Crippen molar-refractivity contribution in [1.29, 1.82) is 0 Å². The van der Waals surface area contributed by atoms with Gasteiger partial charge in [0.2, 0.25) is 0 Å². The summed E-state index contributed by atoms with van der Waals surface area (Å²) in [6.07, 6.45) is 7.15. The van der Waals surface area contributed by atoms with Crippen LogP contribution in [0.15, 0.2) is 73.3 Å². The standard InChI is InChI=1S/C21H17ClN4O/c1-14(16-3-2-10-23-11-16)24-21(27)17-6-9-20-25-19(13-26(20)12-17)15-4-7-18(22)8-5-15/h2-14H,1H3,(H,24,27)/t14-/m0/s1. The van der Waals surface area contributed by atoms with Crippen LogP contribution >= 0.6 is 11.6 Å². The number of rotatable bonds is 4. The van der Waals surface area contributed by atoms with Gasteiger partial charge in [-0.3, -0.25) is 9.78 Å². The molecule has 4 aromatic rings. The quantitative estimate of drug-likeness (QED) is 0.568. The molecule has 4 rings (SSSR count). The highest BCUT2D eigenvalue weighted by Gasteiger charge is 2.13. The van der Waals surface area contributed by atoms with Crippen molar-refractivity contribution in [2.24, 2.45) is 0 Å². The van der Waals surface area contributed by atoms with Crippen molar-refractivity contribution >= 4 is 23.2 Å². The number of nitrogens with zero attached hydrogens (tertiary/aromatic N) is 3. The topological polar surface area (TPSA) is 59.3 Å². The number of aromatic nitrogens is 3. The van der Waals surface area contributed by atoms with Gasteiger partial charge in [-0.2, -0.15) is 0 Å². The van der Waals surface area contributed by atoms with Crippen LogP contribution in [-0.2, 0) is 0 Å². The van der Waals surface area contributed by atoms with Gasteiger partial charge >= 0.3 is 0 Å². The Hall–Kier alpha value is -3.18. The second kappa shape index (κ2) is 7.21. The van der Waals surface area contributed by atoms with Gasteiger partial charge in [-0.15, -0.1) is 0 Å². The molecule has 1 atom stereocenters. The molecule has 0 unspecified atom stereocenters. The molecule has 134 valence electrons. The molecule has 6 heteroatoms. The molecule has 1 amide bonds. The third-order valence-electron chi connectivity index (χ3n) is 4.39. The number of hydrogen-bond donors (Lipinski definition) is 1. The fraction of sp³-hybridized carbons (Fsp3) is 0.0952. The van der Waals surface area contributed by atoms with Gasteiger partial charge in [-0.1, -0.05) is 29.8 Å². The minimum atomic E-state index is -0.144. The zero-order chi connectivity index (χ0) is 18.8. The Morgan fingerprint density at radius 1 is 1.11 bits per heavy atom. The Bertz CT molecular complexity index is 1090. The number of imidazole rings is 1. The van der Waals surface area contributed by atoms with Gasteiger partial charge in [-0.25, -0.2) is 4.98 Å². The molecule has 0 saturated heterocycles. The first-order valence-electron chi connectivity index (χ1n) is 8.55. The lowest BCUT2D eigenvalue weighted by atomic mass is 10.1. The zero-order valence-electron chi connectivity index (χ0n) is 14.6. The minimum absolute atomic E-state index is 0.130. The van der Waals surface area contributed by atoms with Crippen molar-refractivity contribution < 1.29 is 4.79 Å². The summed E-state index contributed by atoms with van der Waals surface area (Å²) in [5.74, 6) is -0.144. The Labute approximate surface area is 161 Å². The maximum atomic E-state index is 12.6. The van der Waals surface area contributed by atoms with E-state index in [9.17, 15) is 4.79 Å². The van der Waals surface area contributed by atoms with E-state index in [0.717, 1.165) is 22.5 Å². The summed E-state index contributed by atoms with van der Waals surface area (Å²) in [5.41, 5.74) is 4.10. The van der Waals surface area contributed by atoms with E-state index in [2.05, 4.69) is 15.3 Å². The summed E-state index contributed by atoms with van der Waals surface area (Å²) in [6, 6.07) is 14.8. The summed E-state index contributed by atoms with van der Waals surface area (Å²) < 4.78 is 1.85. The van der Waals surface area contributed by atoms with Crippen LogP contribution in [0.5, 0.6) is 0 Å². The number of nitrogens with one attached hydrogen (secondary N) is 1. The van der Waals surface area contributed by atoms with Crippen LogP contribution in [0.4, 0.5) is 0 Å². The molecular formula is C21H17ClN4O. The average Bonchev–Trinajstić information content (AvgIpc) is 3.12. The van der Waals surface area contributed by atoms with Gasteiger partial charge in [0.05, 0.1) is 17.3 Å². The second-order valence-electron chi connectivity index (χ2n) is 6.30. The fourth-order valence-corrected chi connectivity index (χ4v) is 3.01. The molecule has 3 heterocycles. The number of fused-ring (bicyclic) bond motifs is 1. The van der Waals surface area contributed by atoms with Crippen LogP contribution in [0, 0.1) is 0 Å². The number of benzene rings is 1. The van der Waals surface area contributed by atoms with Gasteiger partial charge in [0.25, 0.3) is 5.91 Å². The van der Waals surface area contributed by atoms with E-state index in [1.807, 2.05) is 60.0 Å². The zero-order valence-corrected chi connectivity index (χ0v) is 15.4. The number of halogens is 1. The first-order valence-corrected chi connectivity index (χ1v) is 8.93. The molecule has 0 aliphatic rings. The minimum Gasteiger partial charge on any atom is -0.345 e. The van der Waals surface area contributed by atoms with E-state index in [4.69, 9.17) is 11.6 Å². The lowest BCUT2D eigenvalue weighted by Crippen LogP contribution is -2.26. The van der Waals surface area contributed by atoms with Crippen LogP contribution in [0.2, 0.25) is 5.02 Å². The molecule has 0 radical (unpaired) electrons. The molecule has 0 bridgehead atoms. The molecule has 3 aromatic heterocycles. The Balaban J connectivity index is 1.57. The van der Waals surface area contributed by atoms with Crippen molar-refractivity contribution in [3.05, 3.63) is 89.5 Å². The first-order chi connectivity index (χ1) is 13.1. The molecule has 27 heavy (non-hydrogen) atoms. The van der Waals surface area contributed by atoms with Crippen LogP contribution in [0.1, 0.15) is 28.9 Å². The van der Waals surface area contributed by atoms with E-state index in [1.165, 1.54) is 0 Å². The first kappa shape index (κ1) is 17.2. The van der Waals surface area contributed by atoms with E-state index in [0.29, 0.717) is 10.6 Å². The summed E-state index contributed by atoms with van der Waals surface area (Å²) in [7, 11) is 0. The molecule has 1 aromatic carbocycles. The van der Waals surface area contributed by atoms with Crippen molar-refractivity contribution in [3.8, 4) is 11.3 Å². The molecule has 1 N–H and O–H groups in total. The maximum Gasteiger partial charge on any atom is 0.253 e. The van der Waals surface area contributed by atoms with Crippen molar-refractivity contribution in [3.63, 3.8) is 0 Å². The third-order valence-corrected chi connectivity index (χ3v) is 4.64. The monoisotopic (exact) mass is 376 g/mol. The lowest BCUT2D eigenvalue weighted by molar-refractivity contribution is 0.0939. The highest BCUT2D eigenvalue weighted by molar-refractivity contribution is 6.30. The molecule has 0 spiro atoms. The second-order valence-corrected chi connectivity index (χ2v) is 6.73. The highest BCUT2D eigenvalue weighted by Crippen LogP contribution is 2.22. The predicted molar refractivity (Wildman–Crippen MR) is 106 cm³/mol. The molecule has 0 aliphatic heterocycles. The summed E-state index contributed by atoms with van der Waals surface area (Å²) >= 11 is 5.95. The Kier molecular flexibility index (Phi) is 4.60. The van der Waals surface area contributed by atoms with Gasteiger partial charge < -0.3 is 9.72 Å². The Morgan fingerprint density at radius 3 is 2.67 bits per heavy atom. The maximum absolute atomic E-state index is 12.6. The smallest absolute Gasteiger partial charge is 0.253 e. The van der Waals surface area contributed by atoms with Gasteiger partial charge in [0.15, 0.2) is 0 Å². The van der Waals surface area contributed by atoms with Crippen molar-refractivity contribution in [2.75, 3.05) is 0 Å². The molecular weight excluding hydrogens is 360 g/mol. The lowest BCUT2D eigenvalue weighted by Gasteiger charge is -2.13. The van der Waals surface area contributed by atoms with Crippen LogP contribution in [-0.4, -0.2) is 20.3 Å². The van der Waals surface area contributed by atoms with Crippen LogP contribution in [0.25, 0.3) is 16.9 Å². The molecule has 0 fully saturated rings. The van der Waals surface area contributed by atoms with Gasteiger partial charge in [0, 0.05) is 35.4 Å². The SMILES string of the molecule is C[C@H](NC(=O)c1ccc2nc(-c3ccc(Cl)cc3)cn2c1)c1cccnc1. The number of hydrogen-bond acceptors (Lipinski definition) is 3. The third kappa shape index (κ3) is 3.68. The largest absolute Gasteiger partial charge is 0.345 e. The van der Waals surface area contributed by atoms with E-state index in [-0.39, 0.29) is 11.9 Å². The van der Waals surface area contributed by atoms with E-state index in [1.54, 1.807) is 24.7 Å². The Morgan fingerprint density at radius 2 is 1.93 bits per heavy atom. The number of pyridine rings is 2. The van der Waals surface area contributed by atoms with Gasteiger partial charge in [0.1, 0.15) is 5.65 Å². The van der Waals surface area contributed by atoms with E-state index >= 15 is 0 Å². The highest BCUT2D eigenvalue weighted by atomic mass is 35.5. The molecule has 0 aliphatic carbocycles. The molecule has 0 saturated carbocycles. The summed E-state index contributed by atoms with van der Waals surface area (Å²) in [4.78, 5) is 21.3.